The van der Waals surface area contributed by atoms with E-state index in [0.717, 1.165) is 6.42 Å². The summed E-state index contributed by atoms with van der Waals surface area (Å²) in [7, 11) is 0. The number of nitrogens with one attached hydrogen (secondary N) is 1. The fourth-order valence-corrected chi connectivity index (χ4v) is 1.89. The molecule has 112 valence electrons. The van der Waals surface area contributed by atoms with Crippen LogP contribution in [0.4, 0.5) is 10.1 Å². The van der Waals surface area contributed by atoms with Crippen molar-refractivity contribution in [3.63, 3.8) is 0 Å². The van der Waals surface area contributed by atoms with Crippen LogP contribution in [0.2, 0.25) is 0 Å². The van der Waals surface area contributed by atoms with Gasteiger partial charge in [0.15, 0.2) is 0 Å². The molecule has 0 aromatic heterocycles. The summed E-state index contributed by atoms with van der Waals surface area (Å²) in [6.45, 7) is 7.14. The monoisotopic (exact) mass is 281 g/mol. The van der Waals surface area contributed by atoms with Crippen molar-refractivity contribution < 1.29 is 9.18 Å². The van der Waals surface area contributed by atoms with E-state index in [4.69, 9.17) is 5.73 Å². The topological polar surface area (TPSA) is 58.4 Å². The van der Waals surface area contributed by atoms with Crippen LogP contribution in [0.3, 0.4) is 0 Å². The fourth-order valence-electron chi connectivity index (χ4n) is 1.89. The van der Waals surface area contributed by atoms with Crippen LogP contribution in [0, 0.1) is 5.82 Å². The van der Waals surface area contributed by atoms with Crippen LogP contribution in [-0.4, -0.2) is 31.1 Å². The minimum atomic E-state index is -0.309. The van der Waals surface area contributed by atoms with E-state index in [2.05, 4.69) is 5.32 Å². The van der Waals surface area contributed by atoms with E-state index in [0.29, 0.717) is 18.8 Å². The molecule has 20 heavy (non-hydrogen) atoms. The van der Waals surface area contributed by atoms with Gasteiger partial charge in [0.2, 0.25) is 5.91 Å². The number of benzene rings is 1. The Hall–Kier alpha value is -1.62. The molecule has 0 saturated carbocycles. The molecule has 0 aliphatic carbocycles. The van der Waals surface area contributed by atoms with Gasteiger partial charge in [0.25, 0.3) is 0 Å². The minimum absolute atomic E-state index is 0.0845. The number of hydrogen-bond donors (Lipinski definition) is 2. The Morgan fingerprint density at radius 3 is 2.65 bits per heavy atom. The maximum atomic E-state index is 13.3. The summed E-state index contributed by atoms with van der Waals surface area (Å²) in [5.41, 5.74) is 5.93. The maximum Gasteiger partial charge on any atom is 0.239 e. The van der Waals surface area contributed by atoms with E-state index in [1.165, 1.54) is 12.1 Å². The summed E-state index contributed by atoms with van der Waals surface area (Å²) >= 11 is 0. The van der Waals surface area contributed by atoms with Crippen molar-refractivity contribution in [3.05, 3.63) is 30.1 Å². The van der Waals surface area contributed by atoms with Crippen LogP contribution in [0.25, 0.3) is 0 Å². The third-order valence-electron chi connectivity index (χ3n) is 2.65. The number of nitrogens with zero attached hydrogens (tertiary/aromatic N) is 1. The number of hydrogen-bond acceptors (Lipinski definition) is 3. The van der Waals surface area contributed by atoms with Crippen LogP contribution in [0.1, 0.15) is 27.2 Å². The van der Waals surface area contributed by atoms with Crippen molar-refractivity contribution in [2.24, 2.45) is 5.73 Å². The van der Waals surface area contributed by atoms with Crippen molar-refractivity contribution in [2.45, 2.75) is 32.7 Å². The molecule has 4 nitrogen and oxygen atoms in total. The number of carbonyl (C=O) groups excluding carboxylic acids is 1. The molecule has 0 heterocycles. The Bertz CT molecular complexity index is 443. The lowest BCUT2D eigenvalue weighted by molar-refractivity contribution is -0.121. The summed E-state index contributed by atoms with van der Waals surface area (Å²) in [5.74, 6) is -0.393. The van der Waals surface area contributed by atoms with E-state index in [1.807, 2.05) is 25.7 Å². The van der Waals surface area contributed by atoms with Gasteiger partial charge in [0.05, 0.1) is 6.54 Å². The van der Waals surface area contributed by atoms with E-state index >= 15 is 0 Å². The van der Waals surface area contributed by atoms with Crippen LogP contribution in [-0.2, 0) is 4.79 Å². The normalized spacial score (nSPS) is 11.2. The lowest BCUT2D eigenvalue weighted by Gasteiger charge is -2.27. The largest absolute Gasteiger partial charge is 0.362 e. The highest BCUT2D eigenvalue weighted by molar-refractivity contribution is 5.81. The molecule has 5 heteroatoms. The maximum absolute atomic E-state index is 13.3. The van der Waals surface area contributed by atoms with Crippen molar-refractivity contribution in [1.29, 1.82) is 0 Å². The lowest BCUT2D eigenvalue weighted by Crippen LogP contribution is -2.46. The van der Waals surface area contributed by atoms with Gasteiger partial charge in [-0.15, -0.1) is 0 Å². The molecule has 0 bridgehead atoms. The first-order valence-electron chi connectivity index (χ1n) is 6.83. The third kappa shape index (κ3) is 6.02. The molecule has 3 N–H and O–H groups in total. The molecule has 0 fully saturated rings. The molecule has 1 aromatic carbocycles. The van der Waals surface area contributed by atoms with Gasteiger partial charge in [-0.25, -0.2) is 4.39 Å². The van der Waals surface area contributed by atoms with Crippen molar-refractivity contribution in [1.82, 2.24) is 5.32 Å². The number of nitrogens with two attached hydrogens (primary N) is 1. The Morgan fingerprint density at radius 1 is 1.40 bits per heavy atom. The Balaban J connectivity index is 2.77. The number of rotatable bonds is 6. The van der Waals surface area contributed by atoms with Gasteiger partial charge in [-0.1, -0.05) is 6.07 Å². The molecule has 1 amide bonds. The van der Waals surface area contributed by atoms with Crippen molar-refractivity contribution in [3.8, 4) is 0 Å². The quantitative estimate of drug-likeness (QED) is 0.837. The molecule has 0 saturated heterocycles. The van der Waals surface area contributed by atoms with Gasteiger partial charge in [0, 0.05) is 17.8 Å². The van der Waals surface area contributed by atoms with Gasteiger partial charge in [-0.2, -0.15) is 0 Å². The number of anilines is 1. The molecule has 0 aliphatic rings. The van der Waals surface area contributed by atoms with Crippen LogP contribution in [0.5, 0.6) is 0 Å². The van der Waals surface area contributed by atoms with E-state index in [1.54, 1.807) is 12.1 Å². The Labute approximate surface area is 120 Å². The van der Waals surface area contributed by atoms with Gasteiger partial charge >= 0.3 is 0 Å². The highest BCUT2D eigenvalue weighted by atomic mass is 19.1. The molecular formula is C15H24FN3O. The number of amides is 1. The van der Waals surface area contributed by atoms with Gasteiger partial charge in [-0.3, -0.25) is 4.79 Å². The molecule has 1 rings (SSSR count). The average molecular weight is 281 g/mol. The summed E-state index contributed by atoms with van der Waals surface area (Å²) < 4.78 is 13.3. The van der Waals surface area contributed by atoms with E-state index in [9.17, 15) is 9.18 Å². The van der Waals surface area contributed by atoms with Crippen LogP contribution >= 0.6 is 0 Å². The smallest absolute Gasteiger partial charge is 0.239 e. The average Bonchev–Trinajstić information content (AvgIpc) is 2.32. The summed E-state index contributed by atoms with van der Waals surface area (Å²) in [6.07, 6.45) is 0.749. The lowest BCUT2D eigenvalue weighted by atomic mass is 10.1. The zero-order chi connectivity index (χ0) is 15.2. The standard InChI is InChI=1S/C15H24FN3O/c1-15(2,3)18-14(20)11-19(9-5-8-17)13-7-4-6-12(16)10-13/h4,6-7,10H,5,8-9,11,17H2,1-3H3,(H,18,20). The first-order chi connectivity index (χ1) is 9.31. The first kappa shape index (κ1) is 16.4. The van der Waals surface area contributed by atoms with E-state index < -0.39 is 0 Å². The van der Waals surface area contributed by atoms with Gasteiger partial charge in [0.1, 0.15) is 5.82 Å². The number of carbonyl (C=O) groups is 1. The Morgan fingerprint density at radius 2 is 2.10 bits per heavy atom. The zero-order valence-corrected chi connectivity index (χ0v) is 12.4. The van der Waals surface area contributed by atoms with Gasteiger partial charge in [-0.05, 0) is 51.9 Å². The molecule has 0 unspecified atom stereocenters. The second kappa shape index (κ2) is 7.24. The number of halogens is 1. The van der Waals surface area contributed by atoms with Crippen LogP contribution < -0.4 is 16.0 Å². The summed E-state index contributed by atoms with van der Waals surface area (Å²) in [6, 6.07) is 6.26. The predicted molar refractivity (Wildman–Crippen MR) is 80.2 cm³/mol. The second-order valence-electron chi connectivity index (χ2n) is 5.84. The zero-order valence-electron chi connectivity index (χ0n) is 12.4. The molecule has 0 spiro atoms. The molecule has 0 aliphatic heterocycles. The van der Waals surface area contributed by atoms with Crippen LogP contribution in [0.15, 0.2) is 24.3 Å². The third-order valence-corrected chi connectivity index (χ3v) is 2.65. The molecule has 0 atom stereocenters. The fraction of sp³-hybridized carbons (Fsp3) is 0.533. The Kier molecular flexibility index (Phi) is 5.95. The SMILES string of the molecule is CC(C)(C)NC(=O)CN(CCCN)c1cccc(F)c1. The highest BCUT2D eigenvalue weighted by Crippen LogP contribution is 2.15. The highest BCUT2D eigenvalue weighted by Gasteiger charge is 2.17. The van der Waals surface area contributed by atoms with Crippen molar-refractivity contribution in [2.75, 3.05) is 24.5 Å². The van der Waals surface area contributed by atoms with Crippen molar-refractivity contribution >= 4 is 11.6 Å². The predicted octanol–water partition coefficient (Wildman–Crippen LogP) is 1.90. The minimum Gasteiger partial charge on any atom is -0.362 e. The second-order valence-corrected chi connectivity index (χ2v) is 5.84. The molecule has 1 aromatic rings. The summed E-state index contributed by atoms with van der Waals surface area (Å²) in [5, 5.41) is 2.90. The first-order valence-corrected chi connectivity index (χ1v) is 6.83. The molecule has 0 radical (unpaired) electrons. The molecular weight excluding hydrogens is 257 g/mol. The van der Waals surface area contributed by atoms with E-state index in [-0.39, 0.29) is 23.8 Å². The van der Waals surface area contributed by atoms with Gasteiger partial charge < -0.3 is 16.0 Å². The summed E-state index contributed by atoms with van der Waals surface area (Å²) in [4.78, 5) is 13.9.